The predicted octanol–water partition coefficient (Wildman–Crippen LogP) is 1.35. The van der Waals surface area contributed by atoms with Crippen LogP contribution in [0.3, 0.4) is 0 Å². The lowest BCUT2D eigenvalue weighted by molar-refractivity contribution is -0.0233. The third-order valence-electron chi connectivity index (χ3n) is 5.78. The van der Waals surface area contributed by atoms with E-state index in [4.69, 9.17) is 4.74 Å². The number of benzene rings is 1. The van der Waals surface area contributed by atoms with Gasteiger partial charge < -0.3 is 24.6 Å². The zero-order valence-electron chi connectivity index (χ0n) is 16.8. The molecule has 1 atom stereocenters. The summed E-state index contributed by atoms with van der Waals surface area (Å²) in [6, 6.07) is 2.93. The number of nitrogens with one attached hydrogen (secondary N) is 1. The van der Waals surface area contributed by atoms with Crippen LogP contribution in [0.4, 0.5) is 8.78 Å². The number of aromatic hydroxyl groups is 1. The Morgan fingerprint density at radius 1 is 1.32 bits per heavy atom. The van der Waals surface area contributed by atoms with Crippen LogP contribution in [-0.2, 0) is 16.8 Å². The zero-order chi connectivity index (χ0) is 22.3. The van der Waals surface area contributed by atoms with Crippen LogP contribution in [-0.4, -0.2) is 53.2 Å². The van der Waals surface area contributed by atoms with Crippen molar-refractivity contribution in [3.63, 3.8) is 0 Å². The van der Waals surface area contributed by atoms with Crippen LogP contribution in [0.2, 0.25) is 0 Å². The van der Waals surface area contributed by atoms with E-state index in [9.17, 15) is 28.3 Å². The second kappa shape index (κ2) is 7.77. The first-order valence-electron chi connectivity index (χ1n) is 9.78. The van der Waals surface area contributed by atoms with E-state index in [0.29, 0.717) is 32.1 Å². The Morgan fingerprint density at radius 3 is 2.77 bits per heavy atom. The van der Waals surface area contributed by atoms with Crippen LogP contribution in [0.1, 0.15) is 39.3 Å². The van der Waals surface area contributed by atoms with E-state index in [1.807, 2.05) is 0 Å². The molecule has 1 unspecified atom stereocenters. The second-order valence-electron chi connectivity index (χ2n) is 7.90. The molecule has 164 valence electrons. The number of rotatable bonds is 3. The average molecular weight is 433 g/mol. The number of pyridine rings is 1. The minimum Gasteiger partial charge on any atom is -0.503 e. The van der Waals surface area contributed by atoms with Crippen LogP contribution in [0.25, 0.3) is 0 Å². The van der Waals surface area contributed by atoms with E-state index >= 15 is 0 Å². The maximum absolute atomic E-state index is 13.8. The summed E-state index contributed by atoms with van der Waals surface area (Å²) < 4.78 is 34.0. The van der Waals surface area contributed by atoms with Crippen molar-refractivity contribution >= 4 is 11.8 Å². The van der Waals surface area contributed by atoms with Crippen molar-refractivity contribution < 1.29 is 28.2 Å². The van der Waals surface area contributed by atoms with E-state index in [1.165, 1.54) is 21.7 Å². The quantitative estimate of drug-likeness (QED) is 0.761. The molecule has 1 aromatic heterocycles. The lowest BCUT2D eigenvalue weighted by Gasteiger charge is -2.46. The van der Waals surface area contributed by atoms with Gasteiger partial charge in [-0.05, 0) is 18.9 Å². The molecule has 2 aliphatic rings. The van der Waals surface area contributed by atoms with Gasteiger partial charge in [0, 0.05) is 44.6 Å². The fourth-order valence-electron chi connectivity index (χ4n) is 4.20. The molecule has 3 heterocycles. The summed E-state index contributed by atoms with van der Waals surface area (Å²) in [6.07, 6.45) is 2.59. The highest BCUT2D eigenvalue weighted by Crippen LogP contribution is 2.35. The molecule has 1 aromatic carbocycles. The third-order valence-corrected chi connectivity index (χ3v) is 5.78. The van der Waals surface area contributed by atoms with Gasteiger partial charge in [-0.15, -0.1) is 0 Å². The molecule has 2 amide bonds. The lowest BCUT2D eigenvalue weighted by Crippen LogP contribution is -2.57. The van der Waals surface area contributed by atoms with Crippen molar-refractivity contribution in [2.24, 2.45) is 0 Å². The second-order valence-corrected chi connectivity index (χ2v) is 7.90. The van der Waals surface area contributed by atoms with E-state index in [2.05, 4.69) is 5.32 Å². The topological polar surface area (TPSA) is 101 Å². The number of fused-ring (bicyclic) bond motifs is 2. The molecular formula is C21H21F2N3O5. The minimum absolute atomic E-state index is 0.0333. The molecule has 0 bridgehead atoms. The molecule has 2 aliphatic heterocycles. The van der Waals surface area contributed by atoms with Crippen molar-refractivity contribution in [2.75, 3.05) is 26.8 Å². The molecule has 1 spiro atoms. The van der Waals surface area contributed by atoms with E-state index in [1.54, 1.807) is 7.05 Å². The van der Waals surface area contributed by atoms with Crippen LogP contribution in [0.15, 0.2) is 29.2 Å². The Bertz CT molecular complexity index is 1120. The Labute approximate surface area is 176 Å². The number of halogens is 2. The lowest BCUT2D eigenvalue weighted by atomic mass is 9.88. The van der Waals surface area contributed by atoms with Gasteiger partial charge in [-0.2, -0.15) is 0 Å². The average Bonchev–Trinajstić information content (AvgIpc) is 2.74. The highest BCUT2D eigenvalue weighted by molar-refractivity contribution is 5.99. The normalized spacial score (nSPS) is 20.6. The van der Waals surface area contributed by atoms with Crippen LogP contribution in [0, 0.1) is 11.6 Å². The first kappa shape index (κ1) is 21.0. The summed E-state index contributed by atoms with van der Waals surface area (Å²) in [5, 5.41) is 12.9. The zero-order valence-corrected chi connectivity index (χ0v) is 16.8. The molecule has 31 heavy (non-hydrogen) atoms. The highest BCUT2D eigenvalue weighted by Gasteiger charge is 2.45. The molecule has 2 aromatic rings. The van der Waals surface area contributed by atoms with E-state index in [0.717, 1.165) is 6.07 Å². The molecule has 2 N–H and O–H groups in total. The number of hydrogen-bond acceptors (Lipinski definition) is 5. The number of amides is 2. The van der Waals surface area contributed by atoms with Gasteiger partial charge in [0.15, 0.2) is 11.4 Å². The number of ether oxygens (including phenoxy) is 1. The number of carbonyl (C=O) groups is 2. The maximum atomic E-state index is 13.8. The van der Waals surface area contributed by atoms with Gasteiger partial charge in [0.1, 0.15) is 17.2 Å². The number of carbonyl (C=O) groups excluding carboxylic acids is 2. The van der Waals surface area contributed by atoms with Crippen LogP contribution in [0.5, 0.6) is 5.75 Å². The van der Waals surface area contributed by atoms with Gasteiger partial charge in [-0.25, -0.2) is 8.78 Å². The molecule has 0 aliphatic carbocycles. The largest absolute Gasteiger partial charge is 0.503 e. The summed E-state index contributed by atoms with van der Waals surface area (Å²) in [7, 11) is 1.57. The summed E-state index contributed by atoms with van der Waals surface area (Å²) in [5.74, 6) is -3.79. The maximum Gasteiger partial charge on any atom is 0.274 e. The Morgan fingerprint density at radius 2 is 2.10 bits per heavy atom. The van der Waals surface area contributed by atoms with Crippen molar-refractivity contribution in [3.05, 3.63) is 63.1 Å². The van der Waals surface area contributed by atoms with E-state index in [-0.39, 0.29) is 30.0 Å². The van der Waals surface area contributed by atoms with Crippen LogP contribution >= 0.6 is 0 Å². The minimum atomic E-state index is -1.00. The fourth-order valence-corrected chi connectivity index (χ4v) is 4.20. The van der Waals surface area contributed by atoms with Gasteiger partial charge in [-0.3, -0.25) is 14.4 Å². The number of nitrogens with zero attached hydrogens (tertiary/aromatic N) is 2. The molecule has 0 radical (unpaired) electrons. The summed E-state index contributed by atoms with van der Waals surface area (Å²) >= 11 is 0. The van der Waals surface area contributed by atoms with Crippen molar-refractivity contribution in [2.45, 2.75) is 24.9 Å². The third kappa shape index (κ3) is 3.56. The van der Waals surface area contributed by atoms with Crippen molar-refractivity contribution in [1.82, 2.24) is 14.8 Å². The van der Waals surface area contributed by atoms with Crippen molar-refractivity contribution in [1.29, 1.82) is 0 Å². The Kier molecular flexibility index (Phi) is 5.26. The molecule has 1 saturated heterocycles. The summed E-state index contributed by atoms with van der Waals surface area (Å²) in [5.41, 5.74) is -2.26. The number of hydrogen-bond donors (Lipinski definition) is 2. The summed E-state index contributed by atoms with van der Waals surface area (Å²) in [4.78, 5) is 39.5. The highest BCUT2D eigenvalue weighted by atomic mass is 19.1. The smallest absolute Gasteiger partial charge is 0.274 e. The number of likely N-dealkylation sites (N-methyl/N-ethyl adjacent to an activating group) is 1. The molecule has 8 nitrogen and oxygen atoms in total. The van der Waals surface area contributed by atoms with Crippen LogP contribution < -0.4 is 10.7 Å². The molecule has 4 rings (SSSR count). The first-order valence-corrected chi connectivity index (χ1v) is 9.78. The molecule has 10 heteroatoms. The SMILES string of the molecule is CN1CC2(CCCOC2)n2cc(C(=O)NCc3ccc(F)cc3F)c(=O)c(O)c2C1=O. The van der Waals surface area contributed by atoms with Gasteiger partial charge in [0.25, 0.3) is 11.8 Å². The standard InChI is InChI=1S/C21H21F2N3O5/c1-25-10-21(5-2-6-31-11-21)26-9-14(17(27)18(28)16(26)20(25)30)19(29)24-8-12-3-4-13(22)7-15(12)23/h3-4,7,9,28H,2,5-6,8,10-11H2,1H3,(H,24,29). The molecule has 1 fully saturated rings. The molecule has 0 saturated carbocycles. The fraction of sp³-hybridized carbons (Fsp3) is 0.381. The van der Waals surface area contributed by atoms with Gasteiger partial charge >= 0.3 is 0 Å². The Balaban J connectivity index is 1.72. The van der Waals surface area contributed by atoms with E-state index < -0.39 is 40.2 Å². The van der Waals surface area contributed by atoms with Gasteiger partial charge in [-0.1, -0.05) is 6.07 Å². The summed E-state index contributed by atoms with van der Waals surface area (Å²) in [6.45, 7) is 0.811. The van der Waals surface area contributed by atoms with Gasteiger partial charge in [0.05, 0.1) is 12.1 Å². The molecular weight excluding hydrogens is 412 g/mol. The number of aromatic nitrogens is 1. The van der Waals surface area contributed by atoms with Crippen molar-refractivity contribution in [3.8, 4) is 5.75 Å². The predicted molar refractivity (Wildman–Crippen MR) is 105 cm³/mol. The Hall–Kier alpha value is -3.27. The monoisotopic (exact) mass is 433 g/mol. The first-order chi connectivity index (χ1) is 14.7. The van der Waals surface area contributed by atoms with Gasteiger partial charge in [0.2, 0.25) is 5.43 Å².